The summed E-state index contributed by atoms with van der Waals surface area (Å²) < 4.78 is 2.11. The minimum atomic E-state index is -0.254. The summed E-state index contributed by atoms with van der Waals surface area (Å²) in [5.41, 5.74) is 4.01. The normalized spacial score (nSPS) is 12.0. The molecule has 0 bridgehead atoms. The van der Waals surface area contributed by atoms with Crippen LogP contribution < -0.4 is 10.6 Å². The van der Waals surface area contributed by atoms with Crippen LogP contribution in [0.3, 0.4) is 0 Å². The van der Waals surface area contributed by atoms with Crippen LogP contribution in [0.1, 0.15) is 48.6 Å². The second-order valence-corrected chi connectivity index (χ2v) is 6.61. The molecule has 1 aromatic heterocycles. The number of nitrogens with zero attached hydrogens (tertiary/aromatic N) is 2. The molecule has 2 N–H and O–H groups in total. The second kappa shape index (κ2) is 7.61. The Labute approximate surface area is 158 Å². The van der Waals surface area contributed by atoms with Crippen LogP contribution in [-0.4, -0.2) is 21.4 Å². The zero-order valence-electron chi connectivity index (χ0n) is 16.0. The molecular formula is C21H24N4O2. The topological polar surface area (TPSA) is 76.0 Å². The van der Waals surface area contributed by atoms with Crippen molar-refractivity contribution in [3.63, 3.8) is 0 Å². The number of carbonyl (C=O) groups excluding carboxylic acids is 2. The number of benzene rings is 2. The highest BCUT2D eigenvalue weighted by atomic mass is 16.2. The number of imidazole rings is 1. The number of rotatable bonds is 5. The molecule has 0 spiro atoms. The molecule has 6 nitrogen and oxygen atoms in total. The van der Waals surface area contributed by atoms with Crippen molar-refractivity contribution in [3.8, 4) is 0 Å². The van der Waals surface area contributed by atoms with E-state index in [1.807, 2.05) is 44.2 Å². The standard InChI is InChI=1S/C21H24N4O2/c1-5-25-19-9-7-6-8-17(19)24-20(25)14(3)22-21(27)16-11-10-13(2)18(12-16)23-15(4)26/h6-12,14H,5H2,1-4H3,(H,22,27)(H,23,26). The number of carbonyl (C=O) groups is 2. The van der Waals surface area contributed by atoms with Crippen LogP contribution in [0.2, 0.25) is 0 Å². The molecule has 3 rings (SSSR count). The highest BCUT2D eigenvalue weighted by Crippen LogP contribution is 2.22. The van der Waals surface area contributed by atoms with Crippen molar-refractivity contribution in [1.82, 2.24) is 14.9 Å². The third kappa shape index (κ3) is 3.84. The molecule has 1 unspecified atom stereocenters. The molecule has 0 saturated carbocycles. The Kier molecular flexibility index (Phi) is 5.26. The largest absolute Gasteiger partial charge is 0.342 e. The number of aryl methyl sites for hydroxylation is 2. The van der Waals surface area contributed by atoms with E-state index in [-0.39, 0.29) is 17.9 Å². The van der Waals surface area contributed by atoms with Crippen molar-refractivity contribution < 1.29 is 9.59 Å². The summed E-state index contributed by atoms with van der Waals surface area (Å²) in [6.45, 7) is 8.09. The molecule has 0 aliphatic heterocycles. The van der Waals surface area contributed by atoms with Crippen molar-refractivity contribution in [2.45, 2.75) is 40.3 Å². The maximum Gasteiger partial charge on any atom is 0.251 e. The molecule has 1 atom stereocenters. The van der Waals surface area contributed by atoms with Crippen LogP contribution in [0.4, 0.5) is 5.69 Å². The predicted octanol–water partition coefficient (Wildman–Crippen LogP) is 3.81. The van der Waals surface area contributed by atoms with Crippen LogP contribution in [0.15, 0.2) is 42.5 Å². The molecule has 0 aliphatic carbocycles. The van der Waals surface area contributed by atoms with Gasteiger partial charge in [-0.1, -0.05) is 18.2 Å². The summed E-state index contributed by atoms with van der Waals surface area (Å²) in [4.78, 5) is 28.8. The van der Waals surface area contributed by atoms with E-state index in [9.17, 15) is 9.59 Å². The van der Waals surface area contributed by atoms with Gasteiger partial charge in [0.25, 0.3) is 5.91 Å². The van der Waals surface area contributed by atoms with E-state index in [2.05, 4.69) is 22.1 Å². The zero-order chi connectivity index (χ0) is 19.6. The van der Waals surface area contributed by atoms with E-state index in [1.54, 1.807) is 12.1 Å². The number of aromatic nitrogens is 2. The number of para-hydroxylation sites is 2. The van der Waals surface area contributed by atoms with E-state index in [0.717, 1.165) is 29.0 Å². The highest BCUT2D eigenvalue weighted by molar-refractivity contribution is 5.97. The van der Waals surface area contributed by atoms with Gasteiger partial charge in [-0.25, -0.2) is 4.98 Å². The SMILES string of the molecule is CCn1c(C(C)NC(=O)c2ccc(C)c(NC(C)=O)c2)nc2ccccc21. The smallest absolute Gasteiger partial charge is 0.251 e. The van der Waals surface area contributed by atoms with E-state index in [4.69, 9.17) is 4.98 Å². The number of nitrogens with one attached hydrogen (secondary N) is 2. The predicted molar refractivity (Wildman–Crippen MR) is 107 cm³/mol. The van der Waals surface area contributed by atoms with Gasteiger partial charge in [0.05, 0.1) is 17.1 Å². The quantitative estimate of drug-likeness (QED) is 0.723. The first-order chi connectivity index (χ1) is 12.9. The fraction of sp³-hybridized carbons (Fsp3) is 0.286. The maximum absolute atomic E-state index is 12.7. The number of hydrogen-bond donors (Lipinski definition) is 2. The Morgan fingerprint density at radius 1 is 1.19 bits per heavy atom. The summed E-state index contributed by atoms with van der Waals surface area (Å²) in [5.74, 6) is 0.450. The fourth-order valence-electron chi connectivity index (χ4n) is 3.19. The Morgan fingerprint density at radius 2 is 1.93 bits per heavy atom. The maximum atomic E-state index is 12.7. The van der Waals surface area contributed by atoms with Gasteiger partial charge in [0, 0.05) is 24.7 Å². The molecule has 0 saturated heterocycles. The van der Waals surface area contributed by atoms with Crippen LogP contribution in [0, 0.1) is 6.92 Å². The van der Waals surface area contributed by atoms with Crippen molar-refractivity contribution in [3.05, 3.63) is 59.4 Å². The lowest BCUT2D eigenvalue weighted by Gasteiger charge is -2.16. The van der Waals surface area contributed by atoms with Gasteiger partial charge in [0.1, 0.15) is 5.82 Å². The molecule has 2 amide bonds. The van der Waals surface area contributed by atoms with Crippen molar-refractivity contribution in [2.75, 3.05) is 5.32 Å². The summed E-state index contributed by atoms with van der Waals surface area (Å²) in [7, 11) is 0. The third-order valence-electron chi connectivity index (χ3n) is 4.55. The minimum absolute atomic E-state index is 0.166. The molecular weight excluding hydrogens is 340 g/mol. The van der Waals surface area contributed by atoms with Gasteiger partial charge in [-0.05, 0) is 50.6 Å². The Morgan fingerprint density at radius 3 is 2.63 bits per heavy atom. The van der Waals surface area contributed by atoms with Crippen LogP contribution >= 0.6 is 0 Å². The number of amides is 2. The first-order valence-corrected chi connectivity index (χ1v) is 9.05. The van der Waals surface area contributed by atoms with E-state index in [0.29, 0.717) is 11.3 Å². The molecule has 0 radical (unpaired) electrons. The molecule has 27 heavy (non-hydrogen) atoms. The molecule has 2 aromatic carbocycles. The first kappa shape index (κ1) is 18.6. The van der Waals surface area contributed by atoms with Crippen LogP contribution in [0.5, 0.6) is 0 Å². The van der Waals surface area contributed by atoms with Gasteiger partial charge in [0.2, 0.25) is 5.91 Å². The average molecular weight is 364 g/mol. The summed E-state index contributed by atoms with van der Waals surface area (Å²) in [6.07, 6.45) is 0. The Hall–Kier alpha value is -3.15. The average Bonchev–Trinajstić information content (AvgIpc) is 3.01. The molecule has 1 heterocycles. The van der Waals surface area contributed by atoms with Crippen molar-refractivity contribution >= 4 is 28.5 Å². The lowest BCUT2D eigenvalue weighted by molar-refractivity contribution is -0.114. The van der Waals surface area contributed by atoms with Gasteiger partial charge in [-0.3, -0.25) is 9.59 Å². The molecule has 3 aromatic rings. The third-order valence-corrected chi connectivity index (χ3v) is 4.55. The molecule has 0 fully saturated rings. The zero-order valence-corrected chi connectivity index (χ0v) is 16.0. The van der Waals surface area contributed by atoms with Crippen molar-refractivity contribution in [1.29, 1.82) is 0 Å². The summed E-state index contributed by atoms with van der Waals surface area (Å²) in [5, 5.41) is 5.77. The number of anilines is 1. The molecule has 0 aliphatic rings. The highest BCUT2D eigenvalue weighted by Gasteiger charge is 2.18. The van der Waals surface area contributed by atoms with Crippen LogP contribution in [0.25, 0.3) is 11.0 Å². The second-order valence-electron chi connectivity index (χ2n) is 6.61. The molecule has 6 heteroatoms. The lowest BCUT2D eigenvalue weighted by atomic mass is 10.1. The van der Waals surface area contributed by atoms with Gasteiger partial charge in [-0.2, -0.15) is 0 Å². The van der Waals surface area contributed by atoms with Gasteiger partial charge in [-0.15, -0.1) is 0 Å². The monoisotopic (exact) mass is 364 g/mol. The summed E-state index contributed by atoms with van der Waals surface area (Å²) >= 11 is 0. The van der Waals surface area contributed by atoms with E-state index >= 15 is 0 Å². The van der Waals surface area contributed by atoms with Gasteiger partial charge >= 0.3 is 0 Å². The van der Waals surface area contributed by atoms with E-state index in [1.165, 1.54) is 6.92 Å². The van der Waals surface area contributed by atoms with Crippen molar-refractivity contribution in [2.24, 2.45) is 0 Å². The Balaban J connectivity index is 1.85. The van der Waals surface area contributed by atoms with E-state index < -0.39 is 0 Å². The van der Waals surface area contributed by atoms with Gasteiger partial charge < -0.3 is 15.2 Å². The number of hydrogen-bond acceptors (Lipinski definition) is 3. The summed E-state index contributed by atoms with van der Waals surface area (Å²) in [6, 6.07) is 13.0. The first-order valence-electron chi connectivity index (χ1n) is 9.05. The fourth-order valence-corrected chi connectivity index (χ4v) is 3.19. The minimum Gasteiger partial charge on any atom is -0.342 e. The Bertz CT molecular complexity index is 1010. The van der Waals surface area contributed by atoms with Crippen LogP contribution in [-0.2, 0) is 11.3 Å². The number of fused-ring (bicyclic) bond motifs is 1. The lowest BCUT2D eigenvalue weighted by Crippen LogP contribution is -2.28. The van der Waals surface area contributed by atoms with Gasteiger partial charge in [0.15, 0.2) is 0 Å². The molecule has 140 valence electrons.